The highest BCUT2D eigenvalue weighted by Gasteiger charge is 2.29. The van der Waals surface area contributed by atoms with Crippen LogP contribution in [0.3, 0.4) is 0 Å². The van der Waals surface area contributed by atoms with Crippen molar-refractivity contribution in [3.05, 3.63) is 17.5 Å². The fourth-order valence-electron chi connectivity index (χ4n) is 2.73. The van der Waals surface area contributed by atoms with Crippen LogP contribution in [0, 0.1) is 5.41 Å². The van der Waals surface area contributed by atoms with E-state index in [0.717, 1.165) is 18.6 Å². The molecule has 140 valence electrons. The van der Waals surface area contributed by atoms with E-state index < -0.39 is 12.1 Å². The molecule has 0 radical (unpaired) electrons. The largest absolute Gasteiger partial charge is 0.361 e. The Morgan fingerprint density at radius 2 is 2.16 bits per heavy atom. The van der Waals surface area contributed by atoms with Gasteiger partial charge >= 0.3 is 0 Å². The molecule has 2 amide bonds. The molecule has 0 bridgehead atoms. The molecule has 1 aromatic heterocycles. The maximum Gasteiger partial charge on any atom is 0.256 e. The number of aromatic nitrogens is 1. The Balaban J connectivity index is 1.77. The smallest absolute Gasteiger partial charge is 0.256 e. The van der Waals surface area contributed by atoms with Crippen LogP contribution in [0.5, 0.6) is 0 Å². The van der Waals surface area contributed by atoms with Crippen LogP contribution >= 0.6 is 0 Å². The second-order valence-electron chi connectivity index (χ2n) is 7.68. The summed E-state index contributed by atoms with van der Waals surface area (Å²) >= 11 is 0. The summed E-state index contributed by atoms with van der Waals surface area (Å²) in [5.41, 5.74) is 0.268. The average molecular weight is 353 g/mol. The van der Waals surface area contributed by atoms with Gasteiger partial charge < -0.3 is 14.7 Å². The van der Waals surface area contributed by atoms with E-state index in [4.69, 9.17) is 4.52 Å². The zero-order valence-electron chi connectivity index (χ0n) is 15.5. The van der Waals surface area contributed by atoms with Crippen molar-refractivity contribution in [2.45, 2.75) is 58.5 Å². The molecule has 1 heterocycles. The average Bonchev–Trinajstić information content (AvgIpc) is 3.31. The lowest BCUT2D eigenvalue weighted by Gasteiger charge is -2.31. The van der Waals surface area contributed by atoms with Gasteiger partial charge in [-0.1, -0.05) is 25.9 Å². The SMILES string of the molecule is CCC(F)C(=O)N(C)CC(C)(C)CNC(=O)Cc1cc(C2CC2)on1. The summed E-state index contributed by atoms with van der Waals surface area (Å²) in [5, 5.41) is 6.79. The van der Waals surface area contributed by atoms with Crippen molar-refractivity contribution in [2.24, 2.45) is 5.41 Å². The number of amides is 2. The standard InChI is InChI=1S/C18H28FN3O3/c1-5-14(19)17(24)22(4)11-18(2,3)10-20-16(23)9-13-8-15(25-21-13)12-6-7-12/h8,12,14H,5-7,9-11H2,1-4H3,(H,20,23). The van der Waals surface area contributed by atoms with Gasteiger partial charge in [-0.05, 0) is 24.7 Å². The molecule has 2 rings (SSSR count). The molecule has 0 aromatic carbocycles. The second-order valence-corrected chi connectivity index (χ2v) is 7.68. The third kappa shape index (κ3) is 5.83. The van der Waals surface area contributed by atoms with Gasteiger partial charge in [0, 0.05) is 32.1 Å². The first-order valence-electron chi connectivity index (χ1n) is 8.83. The molecule has 1 aromatic rings. The predicted octanol–water partition coefficient (Wildman–Crippen LogP) is 2.44. The zero-order valence-corrected chi connectivity index (χ0v) is 15.5. The fourth-order valence-corrected chi connectivity index (χ4v) is 2.73. The van der Waals surface area contributed by atoms with Crippen molar-refractivity contribution in [1.82, 2.24) is 15.4 Å². The van der Waals surface area contributed by atoms with Gasteiger partial charge in [0.15, 0.2) is 6.17 Å². The van der Waals surface area contributed by atoms with Crippen molar-refractivity contribution in [3.8, 4) is 0 Å². The summed E-state index contributed by atoms with van der Waals surface area (Å²) < 4.78 is 18.7. The molecular weight excluding hydrogens is 325 g/mol. The van der Waals surface area contributed by atoms with E-state index in [1.54, 1.807) is 14.0 Å². The van der Waals surface area contributed by atoms with E-state index in [1.165, 1.54) is 4.90 Å². The van der Waals surface area contributed by atoms with Crippen LogP contribution < -0.4 is 5.32 Å². The van der Waals surface area contributed by atoms with Gasteiger partial charge in [0.1, 0.15) is 5.76 Å². The molecule has 7 heteroatoms. The highest BCUT2D eigenvalue weighted by Crippen LogP contribution is 2.40. The molecule has 1 aliphatic carbocycles. The Kier molecular flexibility index (Phi) is 6.19. The van der Waals surface area contributed by atoms with Gasteiger partial charge in [-0.3, -0.25) is 9.59 Å². The minimum Gasteiger partial charge on any atom is -0.361 e. The number of nitrogens with one attached hydrogen (secondary N) is 1. The molecule has 0 spiro atoms. The summed E-state index contributed by atoms with van der Waals surface area (Å²) in [5.74, 6) is 0.672. The van der Waals surface area contributed by atoms with E-state index in [0.29, 0.717) is 24.7 Å². The van der Waals surface area contributed by atoms with Gasteiger partial charge in [-0.2, -0.15) is 0 Å². The van der Waals surface area contributed by atoms with E-state index in [9.17, 15) is 14.0 Å². The number of halogens is 1. The van der Waals surface area contributed by atoms with Gasteiger partial charge in [0.25, 0.3) is 5.91 Å². The number of carbonyl (C=O) groups is 2. The van der Waals surface area contributed by atoms with Gasteiger partial charge in [-0.15, -0.1) is 0 Å². The molecule has 0 aliphatic heterocycles. The third-order valence-electron chi connectivity index (χ3n) is 4.33. The van der Waals surface area contributed by atoms with Crippen molar-refractivity contribution in [3.63, 3.8) is 0 Å². The monoisotopic (exact) mass is 353 g/mol. The summed E-state index contributed by atoms with van der Waals surface area (Å²) in [6.07, 6.45) is 1.12. The molecule has 1 unspecified atom stereocenters. The Labute approximate surface area is 148 Å². The van der Waals surface area contributed by atoms with E-state index >= 15 is 0 Å². The van der Waals surface area contributed by atoms with Crippen LogP contribution in [0.15, 0.2) is 10.6 Å². The number of carbonyl (C=O) groups excluding carboxylic acids is 2. The van der Waals surface area contributed by atoms with Crippen LogP contribution in [0.4, 0.5) is 4.39 Å². The maximum atomic E-state index is 13.5. The van der Waals surface area contributed by atoms with Crippen molar-refractivity contribution in [2.75, 3.05) is 20.1 Å². The van der Waals surface area contributed by atoms with Crippen molar-refractivity contribution >= 4 is 11.8 Å². The van der Waals surface area contributed by atoms with Crippen LogP contribution in [0.2, 0.25) is 0 Å². The molecule has 6 nitrogen and oxygen atoms in total. The molecule has 0 saturated heterocycles. The number of rotatable bonds is 9. The fraction of sp³-hybridized carbons (Fsp3) is 0.722. The van der Waals surface area contributed by atoms with E-state index in [2.05, 4.69) is 10.5 Å². The molecule has 1 fully saturated rings. The van der Waals surface area contributed by atoms with E-state index in [1.807, 2.05) is 19.9 Å². The summed E-state index contributed by atoms with van der Waals surface area (Å²) in [7, 11) is 1.59. The first-order chi connectivity index (χ1) is 11.7. The first kappa shape index (κ1) is 19.4. The number of alkyl halides is 1. The molecule has 1 atom stereocenters. The number of hydrogen-bond donors (Lipinski definition) is 1. The minimum absolute atomic E-state index is 0.144. The topological polar surface area (TPSA) is 75.4 Å². The molecule has 25 heavy (non-hydrogen) atoms. The van der Waals surface area contributed by atoms with E-state index in [-0.39, 0.29) is 24.2 Å². The zero-order chi connectivity index (χ0) is 18.6. The molecule has 1 saturated carbocycles. The summed E-state index contributed by atoms with van der Waals surface area (Å²) in [4.78, 5) is 25.3. The number of hydrogen-bond acceptors (Lipinski definition) is 4. The summed E-state index contributed by atoms with van der Waals surface area (Å²) in [6.45, 7) is 6.25. The lowest BCUT2D eigenvalue weighted by molar-refractivity contribution is -0.136. The molecule has 1 aliphatic rings. The van der Waals surface area contributed by atoms with Crippen LogP contribution in [-0.2, 0) is 16.0 Å². The Hall–Kier alpha value is -1.92. The molecular formula is C18H28FN3O3. The Bertz CT molecular complexity index is 610. The quantitative estimate of drug-likeness (QED) is 0.740. The lowest BCUT2D eigenvalue weighted by atomic mass is 9.92. The summed E-state index contributed by atoms with van der Waals surface area (Å²) in [6, 6.07) is 1.85. The first-order valence-corrected chi connectivity index (χ1v) is 8.83. The molecule has 1 N–H and O–H groups in total. The van der Waals surface area contributed by atoms with Crippen LogP contribution in [0.25, 0.3) is 0 Å². The Morgan fingerprint density at radius 3 is 2.76 bits per heavy atom. The number of nitrogens with zero attached hydrogens (tertiary/aromatic N) is 2. The lowest BCUT2D eigenvalue weighted by Crippen LogP contribution is -2.45. The van der Waals surface area contributed by atoms with Gasteiger partial charge in [0.2, 0.25) is 5.91 Å². The normalized spacial score (nSPS) is 15.7. The van der Waals surface area contributed by atoms with Gasteiger partial charge in [-0.25, -0.2) is 4.39 Å². The van der Waals surface area contributed by atoms with Crippen LogP contribution in [-0.4, -0.2) is 48.2 Å². The Morgan fingerprint density at radius 1 is 1.48 bits per heavy atom. The van der Waals surface area contributed by atoms with Gasteiger partial charge in [0.05, 0.1) is 12.1 Å². The predicted molar refractivity (Wildman–Crippen MR) is 91.8 cm³/mol. The highest BCUT2D eigenvalue weighted by atomic mass is 19.1. The van der Waals surface area contributed by atoms with Crippen LogP contribution in [0.1, 0.15) is 57.4 Å². The highest BCUT2D eigenvalue weighted by molar-refractivity contribution is 5.80. The van der Waals surface area contributed by atoms with Crippen molar-refractivity contribution < 1.29 is 18.5 Å². The van der Waals surface area contributed by atoms with Crippen molar-refractivity contribution in [1.29, 1.82) is 0 Å². The second kappa shape index (κ2) is 7.97. The third-order valence-corrected chi connectivity index (χ3v) is 4.33. The maximum absolute atomic E-state index is 13.5. The minimum atomic E-state index is -1.47.